The van der Waals surface area contributed by atoms with Crippen LogP contribution in [-0.2, 0) is 9.63 Å². The fourth-order valence-corrected chi connectivity index (χ4v) is 8.87. The molecule has 1 aromatic carbocycles. The molecule has 44 heavy (non-hydrogen) atoms. The van der Waals surface area contributed by atoms with Gasteiger partial charge in [-0.15, -0.1) is 0 Å². The van der Waals surface area contributed by atoms with Crippen molar-refractivity contribution in [3.63, 3.8) is 0 Å². The van der Waals surface area contributed by atoms with Crippen molar-refractivity contribution in [2.75, 3.05) is 60.8 Å². The number of nitrogens with one attached hydrogen (secondary N) is 1. The lowest BCUT2D eigenvalue weighted by atomic mass is 9.47. The normalized spacial score (nSPS) is 29.8. The molecular weight excluding hydrogens is 561 g/mol. The lowest BCUT2D eigenvalue weighted by Gasteiger charge is -2.58. The first-order chi connectivity index (χ1) is 21.2. The largest absolute Gasteiger partial charge is 0.431 e. The molecule has 2 amide bonds. The predicted octanol–water partition coefficient (Wildman–Crippen LogP) is 4.23. The molecule has 6 aliphatic rings. The molecule has 4 aliphatic carbocycles. The summed E-state index contributed by atoms with van der Waals surface area (Å²) in [5.41, 5.74) is 7.82. The molecule has 8 rings (SSSR count). The number of para-hydroxylation sites is 2. The highest BCUT2D eigenvalue weighted by molar-refractivity contribution is 5.82. The van der Waals surface area contributed by atoms with E-state index in [1.54, 1.807) is 5.06 Å². The minimum absolute atomic E-state index is 0.0175. The third-order valence-corrected chi connectivity index (χ3v) is 11.1. The Kier molecular flexibility index (Phi) is 7.34. The second kappa shape index (κ2) is 11.1. The van der Waals surface area contributed by atoms with E-state index in [1.165, 1.54) is 0 Å². The Balaban J connectivity index is 0.994. The van der Waals surface area contributed by atoms with Crippen LogP contribution in [0.15, 0.2) is 42.6 Å². The first-order valence-electron chi connectivity index (χ1n) is 16.1. The quantitative estimate of drug-likeness (QED) is 0.483. The molecule has 4 saturated carbocycles. The number of alkyl halides is 1. The average molecular weight is 606 g/mol. The van der Waals surface area contributed by atoms with Crippen LogP contribution < -0.4 is 25.9 Å². The number of halogens is 1. The highest BCUT2D eigenvalue weighted by Gasteiger charge is 2.58. The van der Waals surface area contributed by atoms with E-state index in [9.17, 15) is 14.0 Å². The number of carbonyl (C=O) groups is 2. The lowest BCUT2D eigenvalue weighted by molar-refractivity contribution is -0.145. The van der Waals surface area contributed by atoms with E-state index >= 15 is 0 Å². The Morgan fingerprint density at radius 1 is 1.00 bits per heavy atom. The monoisotopic (exact) mass is 605 g/mol. The topological polar surface area (TPSA) is 107 Å². The maximum absolute atomic E-state index is 13.5. The third kappa shape index (κ3) is 5.12. The number of benzene rings is 1. The Labute approximate surface area is 258 Å². The predicted molar refractivity (Wildman–Crippen MR) is 167 cm³/mol. The highest BCUT2D eigenvalue weighted by atomic mass is 19.1. The van der Waals surface area contributed by atoms with E-state index in [-0.39, 0.29) is 35.9 Å². The summed E-state index contributed by atoms with van der Waals surface area (Å²) in [4.78, 5) is 43.0. The van der Waals surface area contributed by atoms with E-state index < -0.39 is 11.6 Å². The number of aromatic nitrogens is 1. The van der Waals surface area contributed by atoms with Gasteiger partial charge in [0.2, 0.25) is 5.91 Å². The minimum atomic E-state index is -0.448. The molecule has 0 spiro atoms. The minimum Gasteiger partial charge on any atom is -0.369 e. The van der Waals surface area contributed by atoms with Crippen molar-refractivity contribution in [1.82, 2.24) is 15.2 Å². The van der Waals surface area contributed by atoms with Crippen LogP contribution in [0.3, 0.4) is 0 Å². The van der Waals surface area contributed by atoms with Gasteiger partial charge < -0.3 is 25.7 Å². The number of primary amides is 1. The van der Waals surface area contributed by atoms with Crippen LogP contribution in [0.25, 0.3) is 0 Å². The van der Waals surface area contributed by atoms with Crippen molar-refractivity contribution in [2.24, 2.45) is 28.9 Å². The van der Waals surface area contributed by atoms with E-state index in [4.69, 9.17) is 15.6 Å². The van der Waals surface area contributed by atoms with E-state index in [1.807, 2.05) is 50.4 Å². The molecular formula is C33H44FN7O3. The van der Waals surface area contributed by atoms with Crippen molar-refractivity contribution in [1.29, 1.82) is 0 Å². The smallest absolute Gasteiger partial charge is 0.369 e. The molecule has 3 N–H and O–H groups in total. The van der Waals surface area contributed by atoms with Gasteiger partial charge in [0.1, 0.15) is 12.5 Å². The summed E-state index contributed by atoms with van der Waals surface area (Å²) in [5.74, 6) is 1.73. The van der Waals surface area contributed by atoms with Crippen LogP contribution in [0.1, 0.15) is 46.0 Å². The van der Waals surface area contributed by atoms with Crippen molar-refractivity contribution in [2.45, 2.75) is 57.5 Å². The van der Waals surface area contributed by atoms with Crippen molar-refractivity contribution >= 4 is 34.9 Å². The average Bonchev–Trinajstić information content (AvgIpc) is 3.03. The zero-order chi connectivity index (χ0) is 30.6. The maximum Gasteiger partial charge on any atom is 0.431 e. The molecule has 4 bridgehead atoms. The summed E-state index contributed by atoms with van der Waals surface area (Å²) in [6.07, 6.45) is 5.98. The molecule has 5 atom stereocenters. The number of hydroxylamine groups is 1. The second-order valence-corrected chi connectivity index (χ2v) is 14.2. The molecule has 2 aromatic rings. The fraction of sp³-hybridized carbons (Fsp3) is 0.606. The summed E-state index contributed by atoms with van der Waals surface area (Å²) in [7, 11) is 0. The fourth-order valence-electron chi connectivity index (χ4n) is 8.87. The lowest BCUT2D eigenvalue weighted by Crippen LogP contribution is -2.62. The molecule has 11 heteroatoms. The number of piperazine rings is 1. The Hall–Kier alpha value is -3.60. The van der Waals surface area contributed by atoms with Gasteiger partial charge in [-0.3, -0.25) is 9.69 Å². The van der Waals surface area contributed by atoms with Gasteiger partial charge in [-0.1, -0.05) is 12.1 Å². The molecule has 236 valence electrons. The van der Waals surface area contributed by atoms with Crippen LogP contribution >= 0.6 is 0 Å². The zero-order valence-corrected chi connectivity index (χ0v) is 25.8. The molecule has 5 fully saturated rings. The number of nitrogens with zero attached hydrogens (tertiary/aromatic N) is 5. The number of rotatable bonds is 7. The van der Waals surface area contributed by atoms with Crippen LogP contribution in [0.2, 0.25) is 0 Å². The number of hydrogen-bond donors (Lipinski definition) is 2. The Morgan fingerprint density at radius 3 is 2.34 bits per heavy atom. The van der Waals surface area contributed by atoms with Gasteiger partial charge >= 0.3 is 6.09 Å². The number of carbonyl (C=O) groups excluding carboxylic acids is 2. The maximum atomic E-state index is 13.5. The van der Waals surface area contributed by atoms with Gasteiger partial charge in [0.05, 0.1) is 29.8 Å². The molecule has 2 aliphatic heterocycles. The summed E-state index contributed by atoms with van der Waals surface area (Å²) >= 11 is 0. The van der Waals surface area contributed by atoms with Gasteiger partial charge in [0.25, 0.3) is 0 Å². The summed E-state index contributed by atoms with van der Waals surface area (Å²) in [5, 5.41) is 4.86. The first kappa shape index (κ1) is 29.1. The SMILES string of the molecule is CC(C)(CF)N1CCN(c2ccc(N3CCN(OC(=O)NC4[C@@H]5CC6C[C@H]4CC(C(N)=O)(C6)C5)c4ccccc43)nc2)CC1. The van der Waals surface area contributed by atoms with Crippen molar-refractivity contribution in [3.8, 4) is 0 Å². The van der Waals surface area contributed by atoms with E-state index in [0.717, 1.165) is 81.2 Å². The van der Waals surface area contributed by atoms with Gasteiger partial charge in [0.15, 0.2) is 0 Å². The Morgan fingerprint density at radius 2 is 1.70 bits per heavy atom. The van der Waals surface area contributed by atoms with E-state index in [0.29, 0.717) is 19.0 Å². The summed E-state index contributed by atoms with van der Waals surface area (Å²) in [6.45, 7) is 7.96. The number of nitrogens with two attached hydrogens (primary N) is 1. The number of hydrogen-bond acceptors (Lipinski definition) is 8. The standard InChI is InChI=1S/C33H44FN7O3/c1-32(2,21-34)39-11-9-38(10-12-39)25-7-8-28(36-20-25)40-13-14-41(27-6-4-3-5-26(27)40)44-31(43)37-29-23-15-22-16-24(29)19-33(17-22,18-23)30(35)42/h3-8,20,22-24,29H,9-19,21H2,1-2H3,(H2,35,42)(H,37,43)/t22?,23-,24+,29?,33?. The molecule has 3 unspecified atom stereocenters. The zero-order valence-electron chi connectivity index (χ0n) is 25.8. The second-order valence-electron chi connectivity index (χ2n) is 14.2. The summed E-state index contributed by atoms with van der Waals surface area (Å²) < 4.78 is 13.5. The summed E-state index contributed by atoms with van der Waals surface area (Å²) in [6, 6.07) is 12.1. The number of fused-ring (bicyclic) bond motifs is 1. The van der Waals surface area contributed by atoms with Gasteiger partial charge in [-0.05, 0) is 88.0 Å². The van der Waals surface area contributed by atoms with Gasteiger partial charge in [-0.2, -0.15) is 0 Å². The number of anilines is 4. The highest BCUT2D eigenvalue weighted by Crippen LogP contribution is 2.60. The van der Waals surface area contributed by atoms with Crippen LogP contribution in [0.5, 0.6) is 0 Å². The molecule has 1 aromatic heterocycles. The Bertz CT molecular complexity index is 1380. The molecule has 3 heterocycles. The first-order valence-corrected chi connectivity index (χ1v) is 16.1. The van der Waals surface area contributed by atoms with E-state index in [2.05, 4.69) is 26.1 Å². The number of amides is 2. The van der Waals surface area contributed by atoms with Gasteiger partial charge in [0, 0.05) is 49.7 Å². The molecule has 0 radical (unpaired) electrons. The third-order valence-electron chi connectivity index (χ3n) is 11.1. The van der Waals surface area contributed by atoms with Crippen molar-refractivity contribution < 1.29 is 18.8 Å². The number of pyridine rings is 1. The van der Waals surface area contributed by atoms with Crippen LogP contribution in [-0.4, -0.2) is 79.4 Å². The molecule has 1 saturated heterocycles. The van der Waals surface area contributed by atoms with Gasteiger partial charge in [-0.25, -0.2) is 19.2 Å². The van der Waals surface area contributed by atoms with Crippen molar-refractivity contribution in [3.05, 3.63) is 42.6 Å². The van der Waals surface area contributed by atoms with Crippen LogP contribution in [0, 0.1) is 23.2 Å². The molecule has 10 nitrogen and oxygen atoms in total. The van der Waals surface area contributed by atoms with Crippen LogP contribution in [0.4, 0.5) is 32.1 Å².